The molecule has 2 rings (SSSR count). The molecule has 0 aromatic heterocycles. The van der Waals surface area contributed by atoms with Crippen LogP contribution in [0.5, 0.6) is 0 Å². The number of carbonyl (C=O) groups is 2. The standard InChI is InChI=1S/C16H28N2O2/c1-12(2)11-15(19)18-10-6-9-14(18)16(20)17-13-7-4-3-5-8-13/h12-14H,3-11H2,1-2H3,(H,17,20)/t14-/m1/s1. The van der Waals surface area contributed by atoms with Gasteiger partial charge in [0.15, 0.2) is 0 Å². The molecule has 1 aliphatic heterocycles. The van der Waals surface area contributed by atoms with Gasteiger partial charge in [-0.15, -0.1) is 0 Å². The lowest BCUT2D eigenvalue weighted by Gasteiger charge is -2.28. The molecule has 2 aliphatic rings. The molecule has 1 aliphatic carbocycles. The lowest BCUT2D eigenvalue weighted by Crippen LogP contribution is -2.49. The second kappa shape index (κ2) is 7.09. The van der Waals surface area contributed by atoms with Gasteiger partial charge in [0.25, 0.3) is 0 Å². The molecular formula is C16H28N2O2. The number of nitrogens with zero attached hydrogens (tertiary/aromatic N) is 1. The van der Waals surface area contributed by atoms with Gasteiger partial charge in [0.1, 0.15) is 6.04 Å². The van der Waals surface area contributed by atoms with E-state index in [0.717, 1.165) is 32.2 Å². The van der Waals surface area contributed by atoms with E-state index in [0.29, 0.717) is 18.4 Å². The highest BCUT2D eigenvalue weighted by Gasteiger charge is 2.34. The number of amides is 2. The predicted molar refractivity (Wildman–Crippen MR) is 79.2 cm³/mol. The first kappa shape index (κ1) is 15.3. The Hall–Kier alpha value is -1.06. The summed E-state index contributed by atoms with van der Waals surface area (Å²) in [6.07, 6.45) is 8.23. The summed E-state index contributed by atoms with van der Waals surface area (Å²) in [5.41, 5.74) is 0. The summed E-state index contributed by atoms with van der Waals surface area (Å²) >= 11 is 0. The zero-order valence-corrected chi connectivity index (χ0v) is 12.9. The summed E-state index contributed by atoms with van der Waals surface area (Å²) < 4.78 is 0. The molecule has 114 valence electrons. The highest BCUT2D eigenvalue weighted by Crippen LogP contribution is 2.22. The van der Waals surface area contributed by atoms with E-state index in [9.17, 15) is 9.59 Å². The van der Waals surface area contributed by atoms with Gasteiger partial charge in [0.2, 0.25) is 11.8 Å². The number of hydrogen-bond donors (Lipinski definition) is 1. The minimum atomic E-state index is -0.219. The number of nitrogens with one attached hydrogen (secondary N) is 1. The molecule has 20 heavy (non-hydrogen) atoms. The van der Waals surface area contributed by atoms with Crippen molar-refractivity contribution in [3.8, 4) is 0 Å². The summed E-state index contributed by atoms with van der Waals surface area (Å²) in [5, 5.41) is 3.17. The Labute approximate surface area is 122 Å². The largest absolute Gasteiger partial charge is 0.352 e. The van der Waals surface area contributed by atoms with Crippen molar-refractivity contribution in [2.24, 2.45) is 5.92 Å². The molecule has 0 bridgehead atoms. The van der Waals surface area contributed by atoms with Crippen molar-refractivity contribution < 1.29 is 9.59 Å². The van der Waals surface area contributed by atoms with Crippen LogP contribution in [0.4, 0.5) is 0 Å². The summed E-state index contributed by atoms with van der Waals surface area (Å²) in [5.74, 6) is 0.568. The van der Waals surface area contributed by atoms with Gasteiger partial charge >= 0.3 is 0 Å². The second-order valence-electron chi connectivity index (χ2n) is 6.69. The third-order valence-corrected chi connectivity index (χ3v) is 4.41. The fourth-order valence-electron chi connectivity index (χ4n) is 3.35. The van der Waals surface area contributed by atoms with Gasteiger partial charge in [-0.1, -0.05) is 33.1 Å². The lowest BCUT2D eigenvalue weighted by atomic mass is 9.95. The monoisotopic (exact) mass is 280 g/mol. The number of likely N-dealkylation sites (tertiary alicyclic amines) is 1. The minimum Gasteiger partial charge on any atom is -0.352 e. The zero-order chi connectivity index (χ0) is 14.5. The van der Waals surface area contributed by atoms with Crippen LogP contribution in [0.1, 0.15) is 65.2 Å². The van der Waals surface area contributed by atoms with Crippen molar-refractivity contribution in [1.82, 2.24) is 10.2 Å². The van der Waals surface area contributed by atoms with Crippen LogP contribution in [0.2, 0.25) is 0 Å². The van der Waals surface area contributed by atoms with Crippen LogP contribution in [0, 0.1) is 5.92 Å². The third-order valence-electron chi connectivity index (χ3n) is 4.41. The number of rotatable bonds is 4. The van der Waals surface area contributed by atoms with Gasteiger partial charge in [-0.05, 0) is 31.6 Å². The van der Waals surface area contributed by atoms with Gasteiger partial charge in [-0.3, -0.25) is 9.59 Å². The van der Waals surface area contributed by atoms with E-state index in [1.54, 1.807) is 4.90 Å². The number of carbonyl (C=O) groups excluding carboxylic acids is 2. The maximum atomic E-state index is 12.4. The molecule has 0 unspecified atom stereocenters. The first-order chi connectivity index (χ1) is 9.58. The van der Waals surface area contributed by atoms with Crippen molar-refractivity contribution in [3.63, 3.8) is 0 Å². The Morgan fingerprint density at radius 1 is 1.10 bits per heavy atom. The van der Waals surface area contributed by atoms with Crippen LogP contribution >= 0.6 is 0 Å². The fourth-order valence-corrected chi connectivity index (χ4v) is 3.35. The Morgan fingerprint density at radius 2 is 1.80 bits per heavy atom. The van der Waals surface area contributed by atoms with Crippen LogP contribution in [0.15, 0.2) is 0 Å². The molecule has 2 amide bonds. The molecule has 1 saturated heterocycles. The normalized spacial score (nSPS) is 24.1. The Morgan fingerprint density at radius 3 is 2.45 bits per heavy atom. The highest BCUT2D eigenvalue weighted by atomic mass is 16.2. The SMILES string of the molecule is CC(C)CC(=O)N1CCC[C@@H]1C(=O)NC1CCCCC1. The van der Waals surface area contributed by atoms with Gasteiger partial charge in [0, 0.05) is 19.0 Å². The van der Waals surface area contributed by atoms with Crippen LogP contribution in [0.3, 0.4) is 0 Å². The average Bonchev–Trinajstić information content (AvgIpc) is 2.88. The topological polar surface area (TPSA) is 49.4 Å². The molecular weight excluding hydrogens is 252 g/mol. The van der Waals surface area contributed by atoms with Crippen molar-refractivity contribution in [3.05, 3.63) is 0 Å². The first-order valence-electron chi connectivity index (χ1n) is 8.17. The molecule has 0 spiro atoms. The summed E-state index contributed by atoms with van der Waals surface area (Å²) in [7, 11) is 0. The van der Waals surface area contributed by atoms with Gasteiger partial charge < -0.3 is 10.2 Å². The molecule has 1 N–H and O–H groups in total. The van der Waals surface area contributed by atoms with Crippen molar-refractivity contribution in [2.45, 2.75) is 77.3 Å². The van der Waals surface area contributed by atoms with Crippen molar-refractivity contribution in [1.29, 1.82) is 0 Å². The van der Waals surface area contributed by atoms with E-state index >= 15 is 0 Å². The Kier molecular flexibility index (Phi) is 5.44. The second-order valence-corrected chi connectivity index (χ2v) is 6.69. The molecule has 0 aromatic rings. The maximum absolute atomic E-state index is 12.4. The molecule has 4 nitrogen and oxygen atoms in total. The van der Waals surface area contributed by atoms with E-state index in [4.69, 9.17) is 0 Å². The first-order valence-corrected chi connectivity index (χ1v) is 8.17. The van der Waals surface area contributed by atoms with E-state index in [1.165, 1.54) is 19.3 Å². The minimum absolute atomic E-state index is 0.0755. The van der Waals surface area contributed by atoms with Crippen LogP contribution in [-0.4, -0.2) is 35.3 Å². The van der Waals surface area contributed by atoms with Gasteiger partial charge in [0.05, 0.1) is 0 Å². The average molecular weight is 280 g/mol. The predicted octanol–water partition coefficient (Wildman–Crippen LogP) is 2.47. The van der Waals surface area contributed by atoms with E-state index in [2.05, 4.69) is 5.32 Å². The van der Waals surface area contributed by atoms with Gasteiger partial charge in [-0.25, -0.2) is 0 Å². The van der Waals surface area contributed by atoms with Crippen LogP contribution in [-0.2, 0) is 9.59 Å². The third kappa shape index (κ3) is 3.97. The molecule has 4 heteroatoms. The van der Waals surface area contributed by atoms with E-state index < -0.39 is 0 Å². The molecule has 1 atom stereocenters. The number of hydrogen-bond acceptors (Lipinski definition) is 2. The fraction of sp³-hybridized carbons (Fsp3) is 0.875. The summed E-state index contributed by atoms with van der Waals surface area (Å²) in [6, 6.07) is 0.113. The van der Waals surface area contributed by atoms with Crippen molar-refractivity contribution in [2.75, 3.05) is 6.54 Å². The zero-order valence-electron chi connectivity index (χ0n) is 12.9. The van der Waals surface area contributed by atoms with Crippen LogP contribution in [0.25, 0.3) is 0 Å². The maximum Gasteiger partial charge on any atom is 0.243 e. The summed E-state index contributed by atoms with van der Waals surface area (Å²) in [6.45, 7) is 4.84. The molecule has 1 saturated carbocycles. The quantitative estimate of drug-likeness (QED) is 0.860. The molecule has 0 aromatic carbocycles. The molecule has 1 heterocycles. The van der Waals surface area contributed by atoms with E-state index in [1.807, 2.05) is 13.8 Å². The van der Waals surface area contributed by atoms with Gasteiger partial charge in [-0.2, -0.15) is 0 Å². The lowest BCUT2D eigenvalue weighted by molar-refractivity contribution is -0.139. The smallest absolute Gasteiger partial charge is 0.243 e. The molecule has 2 fully saturated rings. The molecule has 0 radical (unpaired) electrons. The Bertz CT molecular complexity index is 348. The summed E-state index contributed by atoms with van der Waals surface area (Å²) in [4.78, 5) is 26.4. The van der Waals surface area contributed by atoms with E-state index in [-0.39, 0.29) is 17.9 Å². The Balaban J connectivity index is 1.88. The highest BCUT2D eigenvalue weighted by molar-refractivity contribution is 5.88. The van der Waals surface area contributed by atoms with Crippen LogP contribution < -0.4 is 5.32 Å². The van der Waals surface area contributed by atoms with Crippen molar-refractivity contribution >= 4 is 11.8 Å².